The molecule has 0 radical (unpaired) electrons. The summed E-state index contributed by atoms with van der Waals surface area (Å²) < 4.78 is 0. The van der Waals surface area contributed by atoms with Crippen LogP contribution in [0.4, 0.5) is 0 Å². The molecule has 0 saturated heterocycles. The number of unbranched alkanes of at least 4 members (excludes halogenated alkanes) is 17. The Morgan fingerprint density at radius 3 is 1.27 bits per heavy atom. The Balaban J connectivity index is 3.62. The maximum Gasteiger partial charge on any atom is 0.220 e. The number of aliphatic hydroxyl groups excluding tert-OH is 2. The van der Waals surface area contributed by atoms with Gasteiger partial charge in [0.25, 0.3) is 0 Å². The Hall–Kier alpha value is -2.43. The van der Waals surface area contributed by atoms with Crippen LogP contribution in [0.3, 0.4) is 0 Å². The first-order chi connectivity index (χ1) is 25.7. The van der Waals surface area contributed by atoms with E-state index in [4.69, 9.17) is 0 Å². The molecule has 0 bridgehead atoms. The number of hydrogen-bond donors (Lipinski definition) is 3. The molecule has 0 rings (SSSR count). The number of rotatable bonds is 38. The number of nitrogens with one attached hydrogen (secondary N) is 1. The highest BCUT2D eigenvalue weighted by molar-refractivity contribution is 5.76. The molecule has 0 aromatic rings. The summed E-state index contributed by atoms with van der Waals surface area (Å²) in [6, 6.07) is -0.546. The van der Waals surface area contributed by atoms with Crippen LogP contribution in [0.1, 0.15) is 194 Å². The molecule has 0 aliphatic heterocycles. The van der Waals surface area contributed by atoms with Crippen molar-refractivity contribution in [2.45, 2.75) is 206 Å². The van der Waals surface area contributed by atoms with Crippen molar-refractivity contribution in [1.29, 1.82) is 0 Å². The van der Waals surface area contributed by atoms with E-state index in [2.05, 4.69) is 104 Å². The Morgan fingerprint density at radius 1 is 0.481 bits per heavy atom. The zero-order valence-corrected chi connectivity index (χ0v) is 34.0. The van der Waals surface area contributed by atoms with Crippen molar-refractivity contribution in [1.82, 2.24) is 5.32 Å². The summed E-state index contributed by atoms with van der Waals surface area (Å²) >= 11 is 0. The second-order valence-corrected chi connectivity index (χ2v) is 14.4. The molecule has 0 spiro atoms. The molecule has 0 fully saturated rings. The minimum Gasteiger partial charge on any atom is -0.394 e. The van der Waals surface area contributed by atoms with Gasteiger partial charge in [-0.05, 0) is 70.6 Å². The van der Waals surface area contributed by atoms with Gasteiger partial charge in [-0.1, -0.05) is 202 Å². The fourth-order valence-electron chi connectivity index (χ4n) is 6.10. The predicted octanol–water partition coefficient (Wildman–Crippen LogP) is 13.7. The fourth-order valence-corrected chi connectivity index (χ4v) is 6.10. The highest BCUT2D eigenvalue weighted by Gasteiger charge is 2.19. The second kappa shape index (κ2) is 43.0. The first-order valence-corrected chi connectivity index (χ1v) is 21.8. The minimum atomic E-state index is -0.668. The van der Waals surface area contributed by atoms with Gasteiger partial charge in [0.1, 0.15) is 0 Å². The SMILES string of the molecule is CC/C=C\C/C=C\C/C=C\C/C=C\C/C=C\C/C=C\C/C=C\CCCCCCCCCC(=O)NC(CO)C(O)CCCCCCCCCCCCC. The van der Waals surface area contributed by atoms with Crippen molar-refractivity contribution in [3.8, 4) is 0 Å². The number of hydrogen-bond acceptors (Lipinski definition) is 3. The normalized spacial score (nSPS) is 13.8. The van der Waals surface area contributed by atoms with E-state index in [0.717, 1.165) is 83.5 Å². The number of carbonyl (C=O) groups excluding carboxylic acids is 1. The van der Waals surface area contributed by atoms with Crippen molar-refractivity contribution in [2.24, 2.45) is 0 Å². The Kier molecular flexibility index (Phi) is 41.0. The van der Waals surface area contributed by atoms with E-state index in [1.54, 1.807) is 0 Å². The first-order valence-electron chi connectivity index (χ1n) is 21.8. The lowest BCUT2D eigenvalue weighted by molar-refractivity contribution is -0.123. The number of allylic oxidation sites excluding steroid dienone is 14. The van der Waals surface area contributed by atoms with Gasteiger partial charge < -0.3 is 15.5 Å². The first kappa shape index (κ1) is 49.6. The van der Waals surface area contributed by atoms with E-state index in [-0.39, 0.29) is 12.5 Å². The average molecular weight is 722 g/mol. The summed E-state index contributed by atoms with van der Waals surface area (Å²) in [6.07, 6.45) is 62.3. The lowest BCUT2D eigenvalue weighted by atomic mass is 10.0. The van der Waals surface area contributed by atoms with E-state index in [0.29, 0.717) is 12.8 Å². The maximum absolute atomic E-state index is 12.4. The van der Waals surface area contributed by atoms with Gasteiger partial charge in [0.15, 0.2) is 0 Å². The molecule has 4 heteroatoms. The summed E-state index contributed by atoms with van der Waals surface area (Å²) in [6.45, 7) is 4.22. The van der Waals surface area contributed by atoms with Gasteiger partial charge in [-0.25, -0.2) is 0 Å². The van der Waals surface area contributed by atoms with Crippen LogP contribution in [-0.4, -0.2) is 34.9 Å². The van der Waals surface area contributed by atoms with E-state index in [1.165, 1.54) is 83.5 Å². The molecule has 52 heavy (non-hydrogen) atoms. The van der Waals surface area contributed by atoms with Crippen LogP contribution in [0.15, 0.2) is 85.1 Å². The predicted molar refractivity (Wildman–Crippen MR) is 230 cm³/mol. The monoisotopic (exact) mass is 722 g/mol. The van der Waals surface area contributed by atoms with Crippen molar-refractivity contribution < 1.29 is 15.0 Å². The van der Waals surface area contributed by atoms with Crippen molar-refractivity contribution >= 4 is 5.91 Å². The number of aliphatic hydroxyl groups is 2. The molecular weight excluding hydrogens is 639 g/mol. The van der Waals surface area contributed by atoms with Gasteiger partial charge in [0.2, 0.25) is 5.91 Å². The third-order valence-electron chi connectivity index (χ3n) is 9.42. The van der Waals surface area contributed by atoms with E-state index in [9.17, 15) is 15.0 Å². The zero-order valence-electron chi connectivity index (χ0n) is 34.0. The van der Waals surface area contributed by atoms with E-state index < -0.39 is 12.1 Å². The molecular formula is C48H83NO3. The Morgan fingerprint density at radius 2 is 0.846 bits per heavy atom. The highest BCUT2D eigenvalue weighted by Crippen LogP contribution is 2.14. The van der Waals surface area contributed by atoms with Crippen molar-refractivity contribution in [3.05, 3.63) is 85.1 Å². The van der Waals surface area contributed by atoms with Crippen LogP contribution in [0, 0.1) is 0 Å². The highest BCUT2D eigenvalue weighted by atomic mass is 16.3. The van der Waals surface area contributed by atoms with Crippen LogP contribution in [0.25, 0.3) is 0 Å². The van der Waals surface area contributed by atoms with Crippen LogP contribution in [0.5, 0.6) is 0 Å². The summed E-state index contributed by atoms with van der Waals surface area (Å²) in [5.74, 6) is -0.0483. The third-order valence-corrected chi connectivity index (χ3v) is 9.42. The summed E-state index contributed by atoms with van der Waals surface area (Å²) in [7, 11) is 0. The van der Waals surface area contributed by atoms with Crippen molar-refractivity contribution in [2.75, 3.05) is 6.61 Å². The number of amides is 1. The molecule has 2 unspecified atom stereocenters. The van der Waals surface area contributed by atoms with Gasteiger partial charge in [-0.2, -0.15) is 0 Å². The average Bonchev–Trinajstić information content (AvgIpc) is 3.15. The van der Waals surface area contributed by atoms with Crippen LogP contribution >= 0.6 is 0 Å². The molecule has 0 aromatic heterocycles. The minimum absolute atomic E-state index is 0.0483. The molecule has 2 atom stereocenters. The summed E-state index contributed by atoms with van der Waals surface area (Å²) in [4.78, 5) is 12.4. The van der Waals surface area contributed by atoms with Gasteiger partial charge in [0.05, 0.1) is 18.8 Å². The molecule has 0 saturated carbocycles. The van der Waals surface area contributed by atoms with Gasteiger partial charge in [-0.3, -0.25) is 4.79 Å². The van der Waals surface area contributed by atoms with Gasteiger partial charge >= 0.3 is 0 Å². The van der Waals surface area contributed by atoms with E-state index in [1.807, 2.05) is 0 Å². The van der Waals surface area contributed by atoms with Crippen LogP contribution in [-0.2, 0) is 4.79 Å². The quantitative estimate of drug-likeness (QED) is 0.0439. The molecule has 3 N–H and O–H groups in total. The molecule has 0 heterocycles. The van der Waals surface area contributed by atoms with Gasteiger partial charge in [-0.15, -0.1) is 0 Å². The fraction of sp³-hybridized carbons (Fsp3) is 0.688. The lowest BCUT2D eigenvalue weighted by Gasteiger charge is -2.22. The molecule has 4 nitrogen and oxygen atoms in total. The van der Waals surface area contributed by atoms with E-state index >= 15 is 0 Å². The summed E-state index contributed by atoms with van der Waals surface area (Å²) in [5.41, 5.74) is 0. The molecule has 298 valence electrons. The molecule has 0 aliphatic rings. The van der Waals surface area contributed by atoms with Gasteiger partial charge in [0, 0.05) is 6.42 Å². The standard InChI is InChI=1S/C48H83NO3/c1-3-5-7-9-11-13-15-16-17-18-19-20-21-22-23-24-25-26-27-28-29-30-31-32-34-36-38-40-42-44-48(52)49-46(45-50)47(51)43-41-39-37-35-33-14-12-10-8-6-4-2/h5,7,11,13,16-17,19-20,22-23,25-26,28-29,46-47,50-51H,3-4,6,8-10,12,14-15,18,21,24,27,30-45H2,1-2H3,(H,49,52)/b7-5-,13-11-,17-16-,20-19-,23-22-,26-25-,29-28-. The zero-order chi connectivity index (χ0) is 37.8. The Labute approximate surface area is 322 Å². The van der Waals surface area contributed by atoms with Crippen LogP contribution in [0.2, 0.25) is 0 Å². The number of carbonyl (C=O) groups is 1. The largest absolute Gasteiger partial charge is 0.394 e. The molecule has 0 aromatic carbocycles. The third kappa shape index (κ3) is 38.8. The maximum atomic E-state index is 12.4. The summed E-state index contributed by atoms with van der Waals surface area (Å²) in [5, 5.41) is 23.1. The smallest absolute Gasteiger partial charge is 0.220 e. The van der Waals surface area contributed by atoms with Crippen molar-refractivity contribution in [3.63, 3.8) is 0 Å². The lowest BCUT2D eigenvalue weighted by Crippen LogP contribution is -2.45. The van der Waals surface area contributed by atoms with Crippen LogP contribution < -0.4 is 5.32 Å². The Bertz CT molecular complexity index is 957. The molecule has 0 aliphatic carbocycles. The second-order valence-electron chi connectivity index (χ2n) is 14.4. The topological polar surface area (TPSA) is 69.6 Å². The molecule has 1 amide bonds.